The molecule has 0 saturated carbocycles. The minimum absolute atomic E-state index is 0.0112. The van der Waals surface area contributed by atoms with E-state index >= 15 is 0 Å². The molecule has 4 N–H and O–H groups in total. The summed E-state index contributed by atoms with van der Waals surface area (Å²) in [5.41, 5.74) is -2.55. The molecule has 0 bridgehead atoms. The van der Waals surface area contributed by atoms with Crippen LogP contribution in [0.4, 0.5) is 0 Å². The number of ether oxygens (including phenoxy) is 1. The maximum Gasteiger partial charge on any atom is 0.111 e. The predicted molar refractivity (Wildman–Crippen MR) is 176 cm³/mol. The van der Waals surface area contributed by atoms with Crippen LogP contribution in [-0.4, -0.2) is 58.1 Å². The molecule has 0 spiro atoms. The smallest absolute Gasteiger partial charge is 0.111 e. The summed E-state index contributed by atoms with van der Waals surface area (Å²) in [5, 5.41) is 41.0. The summed E-state index contributed by atoms with van der Waals surface area (Å²) in [6.45, 7) is 3.81. The van der Waals surface area contributed by atoms with E-state index in [4.69, 9.17) is 4.74 Å². The summed E-state index contributed by atoms with van der Waals surface area (Å²) in [7, 11) is 0. The second-order valence-electron chi connectivity index (χ2n) is 13.2. The molecule has 2 unspecified atom stereocenters. The fourth-order valence-corrected chi connectivity index (χ4v) is 5.77. The second kappa shape index (κ2) is 29.9. The van der Waals surface area contributed by atoms with Gasteiger partial charge in [-0.05, 0) is 12.8 Å². The number of unbranched alkanes of at least 4 members (excludes halogenated alkanes) is 24. The highest BCUT2D eigenvalue weighted by Crippen LogP contribution is 2.21. The van der Waals surface area contributed by atoms with E-state index < -0.39 is 11.2 Å². The Kier molecular flexibility index (Phi) is 29.7. The highest BCUT2D eigenvalue weighted by atomic mass is 16.5. The van der Waals surface area contributed by atoms with Gasteiger partial charge in [0, 0.05) is 0 Å². The molecule has 0 aromatic rings. The molecule has 5 heteroatoms. The minimum Gasteiger partial charge on any atom is -0.393 e. The van der Waals surface area contributed by atoms with Gasteiger partial charge in [0.1, 0.15) is 11.2 Å². The van der Waals surface area contributed by atoms with Gasteiger partial charge < -0.3 is 25.2 Å². The van der Waals surface area contributed by atoms with Gasteiger partial charge in [0.2, 0.25) is 0 Å². The van der Waals surface area contributed by atoms with Crippen molar-refractivity contribution in [2.75, 3.05) is 26.4 Å². The molecule has 0 radical (unpaired) electrons. The molecule has 0 aliphatic heterocycles. The van der Waals surface area contributed by atoms with Gasteiger partial charge >= 0.3 is 0 Å². The Morgan fingerprint density at radius 3 is 0.805 bits per heavy atom. The van der Waals surface area contributed by atoms with Crippen molar-refractivity contribution in [2.24, 2.45) is 0 Å². The van der Waals surface area contributed by atoms with Crippen molar-refractivity contribution in [3.63, 3.8) is 0 Å². The van der Waals surface area contributed by atoms with E-state index in [1.807, 2.05) is 0 Å². The van der Waals surface area contributed by atoms with Gasteiger partial charge in [0.15, 0.2) is 0 Å². The topological polar surface area (TPSA) is 90.2 Å². The van der Waals surface area contributed by atoms with E-state index in [0.717, 1.165) is 25.7 Å². The third-order valence-electron chi connectivity index (χ3n) is 8.82. The predicted octanol–water partition coefficient (Wildman–Crippen LogP) is 9.41. The Morgan fingerprint density at radius 2 is 0.585 bits per heavy atom. The maximum atomic E-state index is 10.7. The first-order valence-corrected chi connectivity index (χ1v) is 18.2. The molecule has 0 aromatic carbocycles. The number of hydrogen-bond acceptors (Lipinski definition) is 5. The summed E-state index contributed by atoms with van der Waals surface area (Å²) in [5.74, 6) is 0. The molecule has 0 saturated heterocycles. The quantitative estimate of drug-likeness (QED) is 0.0564. The van der Waals surface area contributed by atoms with Crippen LogP contribution in [0.25, 0.3) is 0 Å². The summed E-state index contributed by atoms with van der Waals surface area (Å²) in [4.78, 5) is 0. The SMILES string of the molecule is CCCCCCCCCCCCCCCC(O)(CO)COCC(O)(CO)CCCCCCCCCCCCCCC. The molecule has 0 amide bonds. The van der Waals surface area contributed by atoms with Crippen molar-refractivity contribution in [2.45, 2.75) is 205 Å². The largest absolute Gasteiger partial charge is 0.393 e. The fourth-order valence-electron chi connectivity index (χ4n) is 5.77. The summed E-state index contributed by atoms with van der Waals surface area (Å²) < 4.78 is 5.65. The lowest BCUT2D eigenvalue weighted by atomic mass is 9.95. The molecule has 2 atom stereocenters. The first-order valence-electron chi connectivity index (χ1n) is 18.2. The van der Waals surface area contributed by atoms with Crippen molar-refractivity contribution < 1.29 is 25.2 Å². The monoisotopic (exact) mass is 587 g/mol. The van der Waals surface area contributed by atoms with Crippen LogP contribution in [-0.2, 0) is 4.74 Å². The van der Waals surface area contributed by atoms with Gasteiger partial charge in [-0.25, -0.2) is 0 Å². The van der Waals surface area contributed by atoms with Crippen LogP contribution >= 0.6 is 0 Å². The molecular formula is C36H74O5. The molecule has 0 aliphatic rings. The van der Waals surface area contributed by atoms with E-state index in [9.17, 15) is 20.4 Å². The van der Waals surface area contributed by atoms with E-state index in [0.29, 0.717) is 12.8 Å². The first-order chi connectivity index (χ1) is 19.9. The Bertz CT molecular complexity index is 472. The zero-order chi connectivity index (χ0) is 30.3. The van der Waals surface area contributed by atoms with Crippen LogP contribution in [0.15, 0.2) is 0 Å². The molecule has 5 nitrogen and oxygen atoms in total. The minimum atomic E-state index is -1.27. The van der Waals surface area contributed by atoms with Crippen LogP contribution in [0.2, 0.25) is 0 Å². The Hall–Kier alpha value is -0.200. The van der Waals surface area contributed by atoms with Crippen molar-refractivity contribution in [3.05, 3.63) is 0 Å². The lowest BCUT2D eigenvalue weighted by molar-refractivity contribution is -0.129. The molecule has 248 valence electrons. The highest BCUT2D eigenvalue weighted by molar-refractivity contribution is 4.81. The Labute approximate surface area is 256 Å². The fraction of sp³-hybridized carbons (Fsp3) is 1.00. The summed E-state index contributed by atoms with van der Waals surface area (Å²) in [6.07, 6.45) is 34.1. The second-order valence-corrected chi connectivity index (χ2v) is 13.2. The van der Waals surface area contributed by atoms with Gasteiger partial charge in [0.05, 0.1) is 26.4 Å². The lowest BCUT2D eigenvalue weighted by Gasteiger charge is -2.30. The standard InChI is InChI=1S/C36H74O5/c1-3-5-7-9-11-13-15-17-19-21-23-25-27-29-35(39,31-37)33-41-34-36(40,32-38)30-28-26-24-22-20-18-16-14-12-10-8-6-4-2/h37-40H,3-34H2,1-2H3. The zero-order valence-corrected chi connectivity index (χ0v) is 27.8. The van der Waals surface area contributed by atoms with Gasteiger partial charge in [-0.15, -0.1) is 0 Å². The van der Waals surface area contributed by atoms with E-state index in [-0.39, 0.29) is 26.4 Å². The van der Waals surface area contributed by atoms with Gasteiger partial charge in [-0.3, -0.25) is 0 Å². The zero-order valence-electron chi connectivity index (χ0n) is 27.8. The Morgan fingerprint density at radius 1 is 0.366 bits per heavy atom. The van der Waals surface area contributed by atoms with Gasteiger partial charge in [0.25, 0.3) is 0 Å². The van der Waals surface area contributed by atoms with Crippen LogP contribution in [0, 0.1) is 0 Å². The van der Waals surface area contributed by atoms with Gasteiger partial charge in [-0.1, -0.05) is 181 Å². The van der Waals surface area contributed by atoms with Crippen LogP contribution in [0.3, 0.4) is 0 Å². The van der Waals surface area contributed by atoms with Crippen molar-refractivity contribution in [1.82, 2.24) is 0 Å². The molecular weight excluding hydrogens is 512 g/mol. The number of aliphatic hydroxyl groups is 4. The normalized spacial score (nSPS) is 14.8. The van der Waals surface area contributed by atoms with E-state index in [1.54, 1.807) is 0 Å². The number of aliphatic hydroxyl groups excluding tert-OH is 2. The van der Waals surface area contributed by atoms with E-state index in [1.165, 1.54) is 141 Å². The average Bonchev–Trinajstić information content (AvgIpc) is 2.98. The van der Waals surface area contributed by atoms with Crippen molar-refractivity contribution in [3.8, 4) is 0 Å². The van der Waals surface area contributed by atoms with Crippen LogP contribution in [0.1, 0.15) is 194 Å². The highest BCUT2D eigenvalue weighted by Gasteiger charge is 2.30. The van der Waals surface area contributed by atoms with E-state index in [2.05, 4.69) is 13.8 Å². The van der Waals surface area contributed by atoms with Crippen LogP contribution in [0.5, 0.6) is 0 Å². The molecule has 41 heavy (non-hydrogen) atoms. The van der Waals surface area contributed by atoms with Crippen molar-refractivity contribution >= 4 is 0 Å². The Balaban J connectivity index is 3.78. The first kappa shape index (κ1) is 40.8. The number of rotatable bonds is 34. The third kappa shape index (κ3) is 27.1. The number of hydrogen-bond donors (Lipinski definition) is 4. The van der Waals surface area contributed by atoms with Gasteiger partial charge in [-0.2, -0.15) is 0 Å². The third-order valence-corrected chi connectivity index (χ3v) is 8.82. The molecule has 0 aliphatic carbocycles. The molecule has 0 fully saturated rings. The maximum absolute atomic E-state index is 10.7. The summed E-state index contributed by atoms with van der Waals surface area (Å²) in [6, 6.07) is 0. The molecule has 0 rings (SSSR count). The van der Waals surface area contributed by atoms with Crippen LogP contribution < -0.4 is 0 Å². The lowest BCUT2D eigenvalue weighted by Crippen LogP contribution is -2.43. The molecule has 0 heterocycles. The van der Waals surface area contributed by atoms with Crippen molar-refractivity contribution in [1.29, 1.82) is 0 Å². The summed E-state index contributed by atoms with van der Waals surface area (Å²) >= 11 is 0. The average molecular weight is 587 g/mol. The molecule has 0 aromatic heterocycles.